The molecule has 15 heteroatoms. The van der Waals surface area contributed by atoms with Gasteiger partial charge in [-0.05, 0) is 82.9 Å². The number of rotatable bonds is 12. The van der Waals surface area contributed by atoms with E-state index in [1.54, 1.807) is 116 Å². The zero-order chi connectivity index (χ0) is 47.1. The van der Waals surface area contributed by atoms with Crippen molar-refractivity contribution in [3.8, 4) is 34.5 Å². The molecular weight excluding hydrogens is 847 g/mol. The minimum Gasteiger partial charge on any atom is -0.508 e. The van der Waals surface area contributed by atoms with E-state index in [2.05, 4.69) is 0 Å². The van der Waals surface area contributed by atoms with Gasteiger partial charge in [0.25, 0.3) is 0 Å². The average Bonchev–Trinajstić information content (AvgIpc) is 3.91. The molecule has 0 bridgehead atoms. The van der Waals surface area contributed by atoms with Crippen molar-refractivity contribution in [2.75, 3.05) is 0 Å². The molecule has 9 rings (SSSR count). The van der Waals surface area contributed by atoms with Gasteiger partial charge < -0.3 is 59.7 Å². The van der Waals surface area contributed by atoms with Crippen LogP contribution in [0.25, 0.3) is 32.7 Å². The molecule has 0 amide bonds. The fourth-order valence-corrected chi connectivity index (χ4v) is 7.94. The molecule has 3 aromatic heterocycles. The van der Waals surface area contributed by atoms with Gasteiger partial charge in [-0.2, -0.15) is 0 Å². The van der Waals surface area contributed by atoms with Gasteiger partial charge in [0, 0.05) is 57.9 Å². The average molecular weight is 892 g/mol. The topological polar surface area (TPSA) is 248 Å². The first-order valence-electron chi connectivity index (χ1n) is 20.5. The molecular formula is C51H45N3O12. The van der Waals surface area contributed by atoms with Crippen LogP contribution in [0.15, 0.2) is 146 Å². The molecule has 0 saturated carbocycles. The fraction of sp³-hybridized carbons (Fsp3) is 0.118. The molecule has 0 spiro atoms. The maximum absolute atomic E-state index is 11.0. The molecule has 6 aromatic carbocycles. The third-order valence-electron chi connectivity index (χ3n) is 10.8. The molecule has 0 unspecified atom stereocenters. The number of nitrogens with zero attached hydrogens (tertiary/aromatic N) is 3. The van der Waals surface area contributed by atoms with Crippen LogP contribution in [0.3, 0.4) is 0 Å². The molecule has 0 aliphatic carbocycles. The predicted octanol–water partition coefficient (Wildman–Crippen LogP) is 8.18. The van der Waals surface area contributed by atoms with Crippen LogP contribution in [0, 0.1) is 0 Å². The predicted molar refractivity (Wildman–Crippen MR) is 246 cm³/mol. The van der Waals surface area contributed by atoms with Crippen LogP contribution in [-0.4, -0.2) is 77.6 Å². The number of carbonyl (C=O) groups is 3. The van der Waals surface area contributed by atoms with E-state index in [1.807, 2.05) is 38.0 Å². The zero-order valence-electron chi connectivity index (χ0n) is 35.2. The number of carboxylic acid groups (broad SMARTS) is 3. The highest BCUT2D eigenvalue weighted by atomic mass is 16.4. The molecule has 9 aromatic rings. The summed E-state index contributed by atoms with van der Waals surface area (Å²) >= 11 is 0. The van der Waals surface area contributed by atoms with Gasteiger partial charge in [-0.1, -0.05) is 66.7 Å². The van der Waals surface area contributed by atoms with Crippen molar-refractivity contribution in [1.82, 2.24) is 13.7 Å². The summed E-state index contributed by atoms with van der Waals surface area (Å²) in [6.07, 6.45) is 4.85. The number of aromatic nitrogens is 3. The normalized spacial score (nSPS) is 10.9. The Kier molecular flexibility index (Phi) is 13.5. The van der Waals surface area contributed by atoms with Crippen molar-refractivity contribution in [3.05, 3.63) is 179 Å². The number of aromatic hydroxyl groups is 6. The number of aliphatic carboxylic acids is 3. The Morgan fingerprint density at radius 2 is 0.879 bits per heavy atom. The Balaban J connectivity index is 0.000000147. The van der Waals surface area contributed by atoms with E-state index in [0.717, 1.165) is 33.1 Å². The Hall–Kier alpha value is -8.85. The van der Waals surface area contributed by atoms with E-state index in [9.17, 15) is 45.0 Å². The Morgan fingerprint density at radius 3 is 1.48 bits per heavy atom. The van der Waals surface area contributed by atoms with Gasteiger partial charge in [-0.25, -0.2) is 0 Å². The number of para-hydroxylation sites is 3. The van der Waals surface area contributed by atoms with Gasteiger partial charge in [0.05, 0.1) is 43.4 Å². The monoisotopic (exact) mass is 891 g/mol. The Bertz CT molecular complexity index is 3220. The SMILES string of the molecule is O=C(O)Cc1cn(Cc2ccc(O)cc2)c2c(O)cccc12.O=C(O)Cc1cn(Cc2ccccc2O)c2ccc(O)cc12.O=C(O)Cc1cn(Cc2ccccc2O)c2cccc(O)c12. The molecule has 0 radical (unpaired) electrons. The number of hydrogen-bond donors (Lipinski definition) is 9. The largest absolute Gasteiger partial charge is 0.508 e. The lowest BCUT2D eigenvalue weighted by molar-refractivity contribution is -0.137. The summed E-state index contributed by atoms with van der Waals surface area (Å²) in [5.41, 5.74) is 6.43. The molecule has 0 saturated heterocycles. The molecule has 0 fully saturated rings. The quantitative estimate of drug-likeness (QED) is 0.0564. The van der Waals surface area contributed by atoms with Gasteiger partial charge in [0.15, 0.2) is 0 Å². The van der Waals surface area contributed by atoms with E-state index < -0.39 is 17.9 Å². The molecule has 0 aliphatic rings. The Morgan fingerprint density at radius 1 is 0.394 bits per heavy atom. The van der Waals surface area contributed by atoms with Crippen molar-refractivity contribution >= 4 is 50.6 Å². The van der Waals surface area contributed by atoms with E-state index in [1.165, 1.54) is 6.07 Å². The van der Waals surface area contributed by atoms with Gasteiger partial charge in [0.1, 0.15) is 34.5 Å². The molecule has 0 aliphatic heterocycles. The number of carboxylic acids is 3. The van der Waals surface area contributed by atoms with Crippen molar-refractivity contribution in [3.63, 3.8) is 0 Å². The maximum Gasteiger partial charge on any atom is 0.307 e. The lowest BCUT2D eigenvalue weighted by atomic mass is 10.1. The van der Waals surface area contributed by atoms with Crippen molar-refractivity contribution in [2.24, 2.45) is 0 Å². The molecule has 336 valence electrons. The summed E-state index contributed by atoms with van der Waals surface area (Å²) in [6.45, 7) is 1.30. The van der Waals surface area contributed by atoms with Crippen LogP contribution in [-0.2, 0) is 53.3 Å². The molecule has 3 heterocycles. The second kappa shape index (κ2) is 19.7. The number of phenols is 6. The summed E-state index contributed by atoms with van der Waals surface area (Å²) in [5.74, 6) is -1.94. The summed E-state index contributed by atoms with van der Waals surface area (Å²) < 4.78 is 5.54. The third kappa shape index (κ3) is 10.5. The number of fused-ring (bicyclic) bond motifs is 3. The standard InChI is InChI=1S/3C17H15NO4/c19-14-6-2-1-4-11(14)9-18-10-12(8-16(21)22)17-13(18)5-3-7-15(17)20;19-13-6-4-11(5-7-13)9-18-10-12(8-16(21)22)14-2-1-3-15(20)17(14)18;19-13-5-6-15-14(8-13)12(7-17(21)22)10-18(15)9-11-3-1-2-4-16(11)20/h2*1-7,10,19-20H,8-9H2,(H,21,22);1-6,8,10,19-20H,7,9H2,(H,21,22). The van der Waals surface area contributed by atoms with Crippen LogP contribution in [0.5, 0.6) is 34.5 Å². The zero-order valence-corrected chi connectivity index (χ0v) is 35.2. The fourth-order valence-electron chi connectivity index (χ4n) is 7.94. The molecule has 0 atom stereocenters. The number of hydrogen-bond acceptors (Lipinski definition) is 9. The summed E-state index contributed by atoms with van der Waals surface area (Å²) in [6, 6.07) is 35.8. The third-order valence-corrected chi connectivity index (χ3v) is 10.8. The first-order chi connectivity index (χ1) is 31.6. The second-order valence-corrected chi connectivity index (χ2v) is 15.5. The van der Waals surface area contributed by atoms with E-state index in [0.29, 0.717) is 52.6 Å². The summed E-state index contributed by atoms with van der Waals surface area (Å²) in [7, 11) is 0. The highest BCUT2D eigenvalue weighted by Gasteiger charge is 2.17. The van der Waals surface area contributed by atoms with Crippen LogP contribution >= 0.6 is 0 Å². The van der Waals surface area contributed by atoms with Crippen LogP contribution in [0.1, 0.15) is 33.4 Å². The molecule has 15 nitrogen and oxygen atoms in total. The first-order valence-corrected chi connectivity index (χ1v) is 20.5. The second-order valence-electron chi connectivity index (χ2n) is 15.5. The smallest absolute Gasteiger partial charge is 0.307 e. The number of phenolic OH excluding ortho intramolecular Hbond substituents is 6. The van der Waals surface area contributed by atoms with Crippen molar-refractivity contribution in [2.45, 2.75) is 38.9 Å². The van der Waals surface area contributed by atoms with Crippen molar-refractivity contribution < 1.29 is 60.3 Å². The summed E-state index contributed by atoms with van der Waals surface area (Å²) in [5, 5.41) is 88.0. The first kappa shape index (κ1) is 45.2. The van der Waals surface area contributed by atoms with Gasteiger partial charge in [-0.15, -0.1) is 0 Å². The van der Waals surface area contributed by atoms with Crippen molar-refractivity contribution in [1.29, 1.82) is 0 Å². The highest BCUT2D eigenvalue weighted by Crippen LogP contribution is 2.33. The lowest BCUT2D eigenvalue weighted by Gasteiger charge is -2.07. The lowest BCUT2D eigenvalue weighted by Crippen LogP contribution is -2.00. The molecule has 9 N–H and O–H groups in total. The van der Waals surface area contributed by atoms with E-state index in [4.69, 9.17) is 15.3 Å². The maximum atomic E-state index is 11.0. The summed E-state index contributed by atoms with van der Waals surface area (Å²) in [4.78, 5) is 33.0. The van der Waals surface area contributed by atoms with Crippen LogP contribution < -0.4 is 0 Å². The Labute approximate surface area is 376 Å². The minimum atomic E-state index is -0.954. The van der Waals surface area contributed by atoms with Gasteiger partial charge in [0.2, 0.25) is 0 Å². The van der Waals surface area contributed by atoms with Crippen LogP contribution in [0.2, 0.25) is 0 Å². The van der Waals surface area contributed by atoms with Gasteiger partial charge in [-0.3, -0.25) is 14.4 Å². The van der Waals surface area contributed by atoms with E-state index >= 15 is 0 Å². The molecule has 66 heavy (non-hydrogen) atoms. The number of benzene rings is 6. The highest BCUT2D eigenvalue weighted by molar-refractivity contribution is 5.93. The van der Waals surface area contributed by atoms with Crippen LogP contribution in [0.4, 0.5) is 0 Å². The van der Waals surface area contributed by atoms with Gasteiger partial charge >= 0.3 is 17.9 Å². The minimum absolute atomic E-state index is 0.0600. The van der Waals surface area contributed by atoms with E-state index in [-0.39, 0.29) is 53.8 Å².